The summed E-state index contributed by atoms with van der Waals surface area (Å²) >= 11 is 0. The van der Waals surface area contributed by atoms with Crippen molar-refractivity contribution in [1.82, 2.24) is 9.62 Å². The second-order valence-corrected chi connectivity index (χ2v) is 6.76. The first-order valence-electron chi connectivity index (χ1n) is 7.50. The molecule has 0 saturated carbocycles. The van der Waals surface area contributed by atoms with Crippen LogP contribution < -0.4 is 5.32 Å². The van der Waals surface area contributed by atoms with Crippen LogP contribution in [-0.4, -0.2) is 62.6 Å². The van der Waals surface area contributed by atoms with Crippen molar-refractivity contribution in [2.45, 2.75) is 18.7 Å². The zero-order valence-corrected chi connectivity index (χ0v) is 14.5. The number of hydrogen-bond donors (Lipinski definition) is 2. The number of amides is 1. The van der Waals surface area contributed by atoms with E-state index in [1.165, 1.54) is 28.6 Å². The molecule has 1 amide bonds. The van der Waals surface area contributed by atoms with E-state index in [0.717, 1.165) is 0 Å². The summed E-state index contributed by atoms with van der Waals surface area (Å²) in [7, 11) is -3.63. The second-order valence-electron chi connectivity index (χ2n) is 4.82. The van der Waals surface area contributed by atoms with Crippen molar-refractivity contribution in [3.63, 3.8) is 0 Å². The number of nitrogens with one attached hydrogen (secondary N) is 1. The van der Waals surface area contributed by atoms with Gasteiger partial charge in [0.25, 0.3) is 5.91 Å². The SMILES string of the molecule is CCN(CC)S(=O)(=O)c1cccc(C(=O)NCCOCC(=O)O)c1. The van der Waals surface area contributed by atoms with Gasteiger partial charge in [0, 0.05) is 25.2 Å². The Kier molecular flexibility index (Phi) is 7.83. The maximum atomic E-state index is 12.5. The van der Waals surface area contributed by atoms with Crippen LogP contribution in [0.4, 0.5) is 0 Å². The normalized spacial score (nSPS) is 11.5. The smallest absolute Gasteiger partial charge is 0.329 e. The molecule has 0 heterocycles. The molecule has 0 radical (unpaired) electrons. The topological polar surface area (TPSA) is 113 Å². The van der Waals surface area contributed by atoms with E-state index in [1.807, 2.05) is 0 Å². The summed E-state index contributed by atoms with van der Waals surface area (Å²) in [4.78, 5) is 22.4. The molecular weight excluding hydrogens is 336 g/mol. The van der Waals surface area contributed by atoms with Crippen molar-refractivity contribution in [2.24, 2.45) is 0 Å². The van der Waals surface area contributed by atoms with Crippen LogP contribution in [0.25, 0.3) is 0 Å². The van der Waals surface area contributed by atoms with Gasteiger partial charge in [0.15, 0.2) is 0 Å². The molecule has 1 rings (SSSR count). The Labute approximate surface area is 141 Å². The number of ether oxygens (including phenoxy) is 1. The van der Waals surface area contributed by atoms with Gasteiger partial charge in [-0.15, -0.1) is 0 Å². The summed E-state index contributed by atoms with van der Waals surface area (Å²) in [6.45, 7) is 3.91. The van der Waals surface area contributed by atoms with Gasteiger partial charge in [0.2, 0.25) is 10.0 Å². The quantitative estimate of drug-likeness (QED) is 0.591. The molecule has 0 spiro atoms. The average molecular weight is 358 g/mol. The molecule has 0 aliphatic rings. The van der Waals surface area contributed by atoms with Crippen LogP contribution in [0.2, 0.25) is 0 Å². The van der Waals surface area contributed by atoms with Crippen LogP contribution in [-0.2, 0) is 19.6 Å². The Morgan fingerprint density at radius 3 is 2.50 bits per heavy atom. The summed E-state index contributed by atoms with van der Waals surface area (Å²) < 4.78 is 31.0. The minimum absolute atomic E-state index is 0.0511. The van der Waals surface area contributed by atoms with Crippen molar-refractivity contribution < 1.29 is 27.9 Å². The number of carboxylic acids is 1. The standard InChI is InChI=1S/C15H22N2O6S/c1-3-17(4-2)24(21,22)13-7-5-6-12(10-13)15(20)16-8-9-23-11-14(18)19/h5-7,10H,3-4,8-9,11H2,1-2H3,(H,16,20)(H,18,19). The van der Waals surface area contributed by atoms with Gasteiger partial charge < -0.3 is 15.2 Å². The second kappa shape index (κ2) is 9.36. The Hall–Kier alpha value is -1.97. The molecule has 0 unspecified atom stereocenters. The minimum Gasteiger partial charge on any atom is -0.480 e. The van der Waals surface area contributed by atoms with E-state index in [2.05, 4.69) is 5.32 Å². The number of carbonyl (C=O) groups excluding carboxylic acids is 1. The fourth-order valence-corrected chi connectivity index (χ4v) is 3.51. The van der Waals surface area contributed by atoms with Gasteiger partial charge in [0.05, 0.1) is 11.5 Å². The lowest BCUT2D eigenvalue weighted by atomic mass is 10.2. The molecular formula is C15H22N2O6S. The zero-order valence-electron chi connectivity index (χ0n) is 13.7. The highest BCUT2D eigenvalue weighted by molar-refractivity contribution is 7.89. The van der Waals surface area contributed by atoms with E-state index in [9.17, 15) is 18.0 Å². The van der Waals surface area contributed by atoms with Gasteiger partial charge >= 0.3 is 5.97 Å². The molecule has 0 aliphatic heterocycles. The van der Waals surface area contributed by atoms with Crippen molar-refractivity contribution in [3.05, 3.63) is 29.8 Å². The predicted molar refractivity (Wildman–Crippen MR) is 87.3 cm³/mol. The first-order valence-corrected chi connectivity index (χ1v) is 8.94. The number of aliphatic carboxylic acids is 1. The lowest BCUT2D eigenvalue weighted by molar-refractivity contribution is -0.142. The molecule has 0 bridgehead atoms. The van der Waals surface area contributed by atoms with Gasteiger partial charge in [-0.05, 0) is 18.2 Å². The molecule has 134 valence electrons. The van der Waals surface area contributed by atoms with E-state index in [0.29, 0.717) is 13.1 Å². The van der Waals surface area contributed by atoms with Crippen LogP contribution in [0.5, 0.6) is 0 Å². The van der Waals surface area contributed by atoms with Crippen LogP contribution in [0, 0.1) is 0 Å². The number of rotatable bonds is 10. The zero-order chi connectivity index (χ0) is 18.2. The number of nitrogens with zero attached hydrogens (tertiary/aromatic N) is 1. The van der Waals surface area contributed by atoms with E-state index < -0.39 is 28.5 Å². The summed E-state index contributed by atoms with van der Waals surface area (Å²) in [6.07, 6.45) is 0. The number of carbonyl (C=O) groups is 2. The maximum Gasteiger partial charge on any atom is 0.329 e. The Bertz CT molecular complexity index is 670. The highest BCUT2D eigenvalue weighted by atomic mass is 32.2. The Morgan fingerprint density at radius 1 is 1.25 bits per heavy atom. The van der Waals surface area contributed by atoms with Crippen molar-refractivity contribution in [1.29, 1.82) is 0 Å². The summed E-state index contributed by atoms with van der Waals surface area (Å²) in [5.74, 6) is -1.54. The fraction of sp³-hybridized carbons (Fsp3) is 0.467. The summed E-state index contributed by atoms with van der Waals surface area (Å²) in [5, 5.41) is 11.0. The molecule has 0 saturated heterocycles. The molecule has 0 fully saturated rings. The van der Waals surface area contributed by atoms with Gasteiger partial charge in [0.1, 0.15) is 6.61 Å². The third-order valence-electron chi connectivity index (χ3n) is 3.20. The van der Waals surface area contributed by atoms with Gasteiger partial charge in [-0.2, -0.15) is 4.31 Å². The molecule has 1 aromatic carbocycles. The maximum absolute atomic E-state index is 12.5. The lowest BCUT2D eigenvalue weighted by Gasteiger charge is -2.18. The fourth-order valence-electron chi connectivity index (χ4n) is 2.01. The molecule has 0 aromatic heterocycles. The number of sulfonamides is 1. The van der Waals surface area contributed by atoms with Gasteiger partial charge in [-0.25, -0.2) is 13.2 Å². The van der Waals surface area contributed by atoms with E-state index in [1.54, 1.807) is 13.8 Å². The van der Waals surface area contributed by atoms with Crippen LogP contribution in [0.15, 0.2) is 29.2 Å². The Morgan fingerprint density at radius 2 is 1.92 bits per heavy atom. The first-order chi connectivity index (χ1) is 11.3. The molecule has 9 heteroatoms. The van der Waals surface area contributed by atoms with E-state index in [4.69, 9.17) is 9.84 Å². The first kappa shape index (κ1) is 20.1. The molecule has 0 aliphatic carbocycles. The molecule has 0 atom stereocenters. The number of benzene rings is 1. The van der Waals surface area contributed by atoms with Crippen molar-refractivity contribution in [3.8, 4) is 0 Å². The summed E-state index contributed by atoms with van der Waals surface area (Å²) in [5.41, 5.74) is 0.210. The molecule has 2 N–H and O–H groups in total. The highest BCUT2D eigenvalue weighted by Crippen LogP contribution is 2.16. The molecule has 8 nitrogen and oxygen atoms in total. The average Bonchev–Trinajstić information content (AvgIpc) is 2.55. The van der Waals surface area contributed by atoms with Crippen LogP contribution in [0.1, 0.15) is 24.2 Å². The minimum atomic E-state index is -3.63. The van der Waals surface area contributed by atoms with Crippen molar-refractivity contribution >= 4 is 21.9 Å². The van der Waals surface area contributed by atoms with E-state index in [-0.39, 0.29) is 23.6 Å². The molecule has 1 aromatic rings. The van der Waals surface area contributed by atoms with Crippen LogP contribution >= 0.6 is 0 Å². The third-order valence-corrected chi connectivity index (χ3v) is 5.24. The predicted octanol–water partition coefficient (Wildman–Crippen LogP) is 0.548. The van der Waals surface area contributed by atoms with Crippen molar-refractivity contribution in [2.75, 3.05) is 32.8 Å². The van der Waals surface area contributed by atoms with Crippen LogP contribution in [0.3, 0.4) is 0 Å². The highest BCUT2D eigenvalue weighted by Gasteiger charge is 2.22. The number of carboxylic acid groups (broad SMARTS) is 1. The summed E-state index contributed by atoms with van der Waals surface area (Å²) in [6, 6.07) is 5.78. The number of hydrogen-bond acceptors (Lipinski definition) is 5. The van der Waals surface area contributed by atoms with E-state index >= 15 is 0 Å². The Balaban J connectivity index is 2.74. The molecule has 24 heavy (non-hydrogen) atoms. The van der Waals surface area contributed by atoms with Gasteiger partial charge in [-0.1, -0.05) is 19.9 Å². The third kappa shape index (κ3) is 5.59. The largest absolute Gasteiger partial charge is 0.480 e. The van der Waals surface area contributed by atoms with Gasteiger partial charge in [-0.3, -0.25) is 4.79 Å². The lowest BCUT2D eigenvalue weighted by Crippen LogP contribution is -2.31. The monoisotopic (exact) mass is 358 g/mol.